The van der Waals surface area contributed by atoms with Crippen LogP contribution in [-0.2, 0) is 6.30 Å². The first-order chi connectivity index (χ1) is 5.34. The van der Waals surface area contributed by atoms with Gasteiger partial charge in [-0.1, -0.05) is 0 Å². The molecule has 3 nitrogen and oxygen atoms in total. The zero-order valence-corrected chi connectivity index (χ0v) is 7.83. The van der Waals surface area contributed by atoms with Crippen molar-refractivity contribution in [1.82, 2.24) is 9.78 Å². The number of aryl methyl sites for hydroxylation is 1. The van der Waals surface area contributed by atoms with Crippen LogP contribution in [0.15, 0.2) is 0 Å². The van der Waals surface area contributed by atoms with Gasteiger partial charge < -0.3 is 5.73 Å². The molecule has 7 heteroatoms. The van der Waals surface area contributed by atoms with Crippen molar-refractivity contribution in [2.24, 2.45) is 0 Å². The number of nitrogens with two attached hydrogens (primary N) is 1. The lowest BCUT2D eigenvalue weighted by Crippen LogP contribution is -2.19. The van der Waals surface area contributed by atoms with Crippen LogP contribution in [0.5, 0.6) is 0 Å². The highest BCUT2D eigenvalue weighted by molar-refractivity contribution is 5.85. The van der Waals surface area contributed by atoms with E-state index in [-0.39, 0.29) is 34.2 Å². The Morgan fingerprint density at radius 1 is 1.31 bits per heavy atom. The monoisotopic (exact) mass is 215 g/mol. The van der Waals surface area contributed by atoms with Crippen LogP contribution in [0, 0.1) is 13.8 Å². The second-order valence-corrected chi connectivity index (χ2v) is 2.46. The molecule has 0 saturated carbocycles. The van der Waals surface area contributed by atoms with Gasteiger partial charge >= 0.3 is 6.30 Å². The van der Waals surface area contributed by atoms with Crippen LogP contribution in [0.2, 0.25) is 0 Å². The Morgan fingerprint density at radius 2 is 1.77 bits per heavy atom. The average molecular weight is 216 g/mol. The van der Waals surface area contributed by atoms with E-state index in [9.17, 15) is 13.2 Å². The summed E-state index contributed by atoms with van der Waals surface area (Å²) in [4.78, 5) is 0. The van der Waals surface area contributed by atoms with E-state index in [2.05, 4.69) is 5.10 Å². The predicted octanol–water partition coefficient (Wildman–Crippen LogP) is 1.98. The van der Waals surface area contributed by atoms with Gasteiger partial charge in [-0.3, -0.25) is 0 Å². The highest BCUT2D eigenvalue weighted by Crippen LogP contribution is 2.27. The fraction of sp³-hybridized carbons (Fsp3) is 0.500. The van der Waals surface area contributed by atoms with Crippen molar-refractivity contribution in [3.63, 3.8) is 0 Å². The summed E-state index contributed by atoms with van der Waals surface area (Å²) >= 11 is 0. The summed E-state index contributed by atoms with van der Waals surface area (Å²) in [6.07, 6.45) is -4.48. The molecule has 76 valence electrons. The quantitative estimate of drug-likeness (QED) is 0.719. The van der Waals surface area contributed by atoms with Crippen molar-refractivity contribution in [3.8, 4) is 0 Å². The van der Waals surface area contributed by atoms with Crippen LogP contribution in [0.3, 0.4) is 0 Å². The Morgan fingerprint density at radius 3 is 1.92 bits per heavy atom. The lowest BCUT2D eigenvalue weighted by molar-refractivity contribution is -0.213. The molecule has 0 aliphatic carbocycles. The standard InChI is InChI=1S/C6H8F3N3.ClH/c1-3-5(10)4(2)12(11-3)6(7,8)9;/h10H2,1-2H3;1H. The molecule has 1 aromatic heterocycles. The molecule has 0 aliphatic rings. The normalized spacial score (nSPS) is 11.2. The molecule has 0 amide bonds. The van der Waals surface area contributed by atoms with Crippen LogP contribution in [0.4, 0.5) is 18.9 Å². The number of halogens is 4. The Kier molecular flexibility index (Phi) is 3.21. The van der Waals surface area contributed by atoms with E-state index in [1.807, 2.05) is 0 Å². The lowest BCUT2D eigenvalue weighted by Gasteiger charge is -2.07. The maximum Gasteiger partial charge on any atom is 0.504 e. The van der Waals surface area contributed by atoms with Crippen molar-refractivity contribution in [2.45, 2.75) is 20.1 Å². The van der Waals surface area contributed by atoms with Gasteiger partial charge in [0.25, 0.3) is 0 Å². The Balaban J connectivity index is 0.00000144. The maximum absolute atomic E-state index is 12.1. The van der Waals surface area contributed by atoms with E-state index in [1.54, 1.807) is 0 Å². The molecule has 0 unspecified atom stereocenters. The first-order valence-corrected chi connectivity index (χ1v) is 3.23. The third kappa shape index (κ3) is 2.06. The number of hydrogen-bond acceptors (Lipinski definition) is 2. The Hall–Kier alpha value is -0.910. The molecule has 13 heavy (non-hydrogen) atoms. The number of anilines is 1. The smallest absolute Gasteiger partial charge is 0.396 e. The first kappa shape index (κ1) is 12.1. The van der Waals surface area contributed by atoms with E-state index in [0.717, 1.165) is 0 Å². The molecule has 0 aromatic carbocycles. The number of rotatable bonds is 0. The molecule has 0 aliphatic heterocycles. The van der Waals surface area contributed by atoms with Crippen LogP contribution in [0.1, 0.15) is 11.4 Å². The Bertz CT molecular complexity index is 305. The number of hydrogen-bond donors (Lipinski definition) is 1. The molecule has 0 radical (unpaired) electrons. The second-order valence-electron chi connectivity index (χ2n) is 2.46. The van der Waals surface area contributed by atoms with Gasteiger partial charge in [-0.15, -0.1) is 25.6 Å². The van der Waals surface area contributed by atoms with Crippen LogP contribution >= 0.6 is 12.4 Å². The largest absolute Gasteiger partial charge is 0.504 e. The number of alkyl halides is 3. The van der Waals surface area contributed by atoms with E-state index in [1.165, 1.54) is 13.8 Å². The topological polar surface area (TPSA) is 43.8 Å². The van der Waals surface area contributed by atoms with Gasteiger partial charge in [0.15, 0.2) is 0 Å². The van der Waals surface area contributed by atoms with Gasteiger partial charge in [-0.05, 0) is 13.8 Å². The van der Waals surface area contributed by atoms with Crippen LogP contribution in [-0.4, -0.2) is 9.78 Å². The highest BCUT2D eigenvalue weighted by Gasteiger charge is 2.34. The number of nitrogen functional groups attached to an aromatic ring is 1. The minimum atomic E-state index is -4.48. The third-order valence-corrected chi connectivity index (χ3v) is 1.59. The number of aromatic nitrogens is 2. The molecule has 0 fully saturated rings. The van der Waals surface area contributed by atoms with Crippen LogP contribution in [0.25, 0.3) is 0 Å². The molecule has 1 aromatic rings. The van der Waals surface area contributed by atoms with Crippen molar-refractivity contribution in [3.05, 3.63) is 11.4 Å². The molecule has 0 spiro atoms. The van der Waals surface area contributed by atoms with Crippen molar-refractivity contribution in [2.75, 3.05) is 5.73 Å². The summed E-state index contributed by atoms with van der Waals surface area (Å²) in [6, 6.07) is 0. The van der Waals surface area contributed by atoms with Crippen LogP contribution < -0.4 is 5.73 Å². The van der Waals surface area contributed by atoms with Gasteiger partial charge in [-0.2, -0.15) is 9.78 Å². The molecule has 0 atom stereocenters. The van der Waals surface area contributed by atoms with E-state index in [0.29, 0.717) is 0 Å². The van der Waals surface area contributed by atoms with Gasteiger partial charge in [0.2, 0.25) is 0 Å². The summed E-state index contributed by atoms with van der Waals surface area (Å²) in [5.41, 5.74) is 5.54. The van der Waals surface area contributed by atoms with Crippen molar-refractivity contribution < 1.29 is 13.2 Å². The summed E-state index contributed by atoms with van der Waals surface area (Å²) in [6.45, 7) is 2.72. The van der Waals surface area contributed by atoms with E-state index in [4.69, 9.17) is 5.73 Å². The van der Waals surface area contributed by atoms with Gasteiger partial charge in [0.05, 0.1) is 17.1 Å². The Labute approximate surface area is 79.1 Å². The van der Waals surface area contributed by atoms with Gasteiger partial charge in [0, 0.05) is 0 Å². The molecule has 2 N–H and O–H groups in total. The minimum Gasteiger partial charge on any atom is -0.396 e. The first-order valence-electron chi connectivity index (χ1n) is 3.23. The molecular formula is C6H9ClF3N3. The highest BCUT2D eigenvalue weighted by atomic mass is 35.5. The summed E-state index contributed by atoms with van der Waals surface area (Å²) in [7, 11) is 0. The molecule has 0 saturated heterocycles. The molecule has 1 rings (SSSR count). The zero-order valence-electron chi connectivity index (χ0n) is 7.01. The SMILES string of the molecule is Cc1nn(C(F)(F)F)c(C)c1N.Cl. The van der Waals surface area contributed by atoms with Crippen molar-refractivity contribution >= 4 is 18.1 Å². The van der Waals surface area contributed by atoms with Gasteiger partial charge in [-0.25, -0.2) is 0 Å². The molecule has 1 heterocycles. The predicted molar refractivity (Wildman–Crippen MR) is 44.7 cm³/mol. The second kappa shape index (κ2) is 3.45. The van der Waals surface area contributed by atoms with Gasteiger partial charge in [0.1, 0.15) is 0 Å². The maximum atomic E-state index is 12.1. The van der Waals surface area contributed by atoms with E-state index >= 15 is 0 Å². The fourth-order valence-corrected chi connectivity index (χ4v) is 0.902. The number of nitrogens with zero attached hydrogens (tertiary/aromatic N) is 2. The van der Waals surface area contributed by atoms with E-state index < -0.39 is 6.30 Å². The molecular weight excluding hydrogens is 207 g/mol. The zero-order chi connectivity index (χ0) is 9.52. The molecule has 0 bridgehead atoms. The summed E-state index contributed by atoms with van der Waals surface area (Å²) in [5, 5.41) is 3.25. The average Bonchev–Trinajstić information content (AvgIpc) is 2.15. The minimum absolute atomic E-state index is 0. The lowest BCUT2D eigenvalue weighted by atomic mass is 10.3. The third-order valence-electron chi connectivity index (χ3n) is 1.59. The fourth-order valence-electron chi connectivity index (χ4n) is 0.902. The van der Waals surface area contributed by atoms with Crippen molar-refractivity contribution in [1.29, 1.82) is 0 Å². The summed E-state index contributed by atoms with van der Waals surface area (Å²) in [5.74, 6) is 0. The summed E-state index contributed by atoms with van der Waals surface area (Å²) < 4.78 is 36.2.